The molecule has 0 fully saturated rings. The standard InChI is InChI=1S/C22H28O6/c1-6-27-19(24)22(20(25)28-7-2)13-16-10-8-9-15(11-12-17(23)26-5)18(16)21(3,4)14-22/h8-12H,6-7,13-14H2,1-5H3/b12-11+. The van der Waals surface area contributed by atoms with Crippen molar-refractivity contribution in [3.63, 3.8) is 0 Å². The minimum absolute atomic E-state index is 0.190. The Morgan fingerprint density at radius 3 is 2.21 bits per heavy atom. The van der Waals surface area contributed by atoms with Crippen LogP contribution in [-0.4, -0.2) is 38.2 Å². The number of hydrogen-bond acceptors (Lipinski definition) is 6. The molecule has 0 unspecified atom stereocenters. The molecule has 1 aromatic rings. The summed E-state index contributed by atoms with van der Waals surface area (Å²) in [7, 11) is 1.32. The van der Waals surface area contributed by atoms with Crippen LogP contribution >= 0.6 is 0 Å². The number of esters is 3. The number of benzene rings is 1. The van der Waals surface area contributed by atoms with Crippen molar-refractivity contribution >= 4 is 24.0 Å². The molecule has 0 atom stereocenters. The third-order valence-corrected chi connectivity index (χ3v) is 5.03. The molecule has 0 saturated carbocycles. The molecule has 152 valence electrons. The first-order valence-electron chi connectivity index (χ1n) is 9.44. The van der Waals surface area contributed by atoms with Crippen molar-refractivity contribution in [2.45, 2.75) is 46.0 Å². The molecule has 0 spiro atoms. The summed E-state index contributed by atoms with van der Waals surface area (Å²) in [5.41, 5.74) is 0.815. The van der Waals surface area contributed by atoms with Gasteiger partial charge < -0.3 is 14.2 Å². The second-order valence-corrected chi connectivity index (χ2v) is 7.50. The number of carbonyl (C=O) groups is 3. The van der Waals surface area contributed by atoms with Crippen LogP contribution < -0.4 is 0 Å². The maximum Gasteiger partial charge on any atom is 0.330 e. The fraction of sp³-hybridized carbons (Fsp3) is 0.500. The van der Waals surface area contributed by atoms with E-state index in [4.69, 9.17) is 9.47 Å². The summed E-state index contributed by atoms with van der Waals surface area (Å²) in [4.78, 5) is 37.3. The van der Waals surface area contributed by atoms with Crippen molar-refractivity contribution in [3.8, 4) is 0 Å². The molecule has 0 aromatic heterocycles. The Labute approximate surface area is 165 Å². The Bertz CT molecular complexity index is 772. The van der Waals surface area contributed by atoms with E-state index in [0.29, 0.717) is 0 Å². The zero-order valence-corrected chi connectivity index (χ0v) is 17.2. The molecule has 1 aliphatic rings. The third kappa shape index (κ3) is 4.11. The highest BCUT2D eigenvalue weighted by Crippen LogP contribution is 2.48. The highest BCUT2D eigenvalue weighted by atomic mass is 16.6. The molecule has 0 bridgehead atoms. The fourth-order valence-electron chi connectivity index (χ4n) is 4.10. The van der Waals surface area contributed by atoms with E-state index in [2.05, 4.69) is 4.74 Å². The Morgan fingerprint density at radius 2 is 1.68 bits per heavy atom. The van der Waals surface area contributed by atoms with E-state index in [9.17, 15) is 14.4 Å². The van der Waals surface area contributed by atoms with Crippen molar-refractivity contribution in [2.24, 2.45) is 5.41 Å². The first kappa shape index (κ1) is 21.7. The number of methoxy groups -OCH3 is 1. The largest absolute Gasteiger partial charge is 0.466 e. The van der Waals surface area contributed by atoms with E-state index < -0.39 is 28.7 Å². The minimum atomic E-state index is -1.38. The summed E-state index contributed by atoms with van der Waals surface area (Å²) >= 11 is 0. The molecule has 0 N–H and O–H groups in total. The van der Waals surface area contributed by atoms with Crippen molar-refractivity contribution in [1.29, 1.82) is 0 Å². The molecule has 0 saturated heterocycles. The van der Waals surface area contributed by atoms with Gasteiger partial charge in [-0.05, 0) is 54.9 Å². The smallest absolute Gasteiger partial charge is 0.330 e. The lowest BCUT2D eigenvalue weighted by Crippen LogP contribution is -2.50. The van der Waals surface area contributed by atoms with E-state index in [0.717, 1.165) is 16.7 Å². The summed E-state index contributed by atoms with van der Waals surface area (Å²) < 4.78 is 15.2. The van der Waals surface area contributed by atoms with Gasteiger partial charge >= 0.3 is 17.9 Å². The fourth-order valence-corrected chi connectivity index (χ4v) is 4.10. The van der Waals surface area contributed by atoms with E-state index in [-0.39, 0.29) is 26.1 Å². The topological polar surface area (TPSA) is 78.9 Å². The highest BCUT2D eigenvalue weighted by molar-refractivity contribution is 6.01. The average Bonchev–Trinajstić information content (AvgIpc) is 2.65. The van der Waals surface area contributed by atoms with Crippen LogP contribution in [0.2, 0.25) is 0 Å². The van der Waals surface area contributed by atoms with Gasteiger partial charge in [0.15, 0.2) is 5.41 Å². The van der Waals surface area contributed by atoms with Crippen LogP contribution in [0.3, 0.4) is 0 Å². The zero-order chi connectivity index (χ0) is 20.9. The van der Waals surface area contributed by atoms with Gasteiger partial charge in [-0.15, -0.1) is 0 Å². The zero-order valence-electron chi connectivity index (χ0n) is 17.2. The minimum Gasteiger partial charge on any atom is -0.466 e. The molecular formula is C22H28O6. The van der Waals surface area contributed by atoms with Crippen molar-refractivity contribution < 1.29 is 28.6 Å². The second-order valence-electron chi connectivity index (χ2n) is 7.50. The lowest BCUT2D eigenvalue weighted by molar-refractivity contribution is -0.174. The Balaban J connectivity index is 2.59. The molecule has 6 nitrogen and oxygen atoms in total. The van der Waals surface area contributed by atoms with Crippen LogP contribution in [0.1, 0.15) is 50.8 Å². The van der Waals surface area contributed by atoms with Gasteiger partial charge in [-0.25, -0.2) is 4.79 Å². The van der Waals surface area contributed by atoms with Crippen LogP contribution in [0.25, 0.3) is 6.08 Å². The maximum atomic E-state index is 12.9. The van der Waals surface area contributed by atoms with Gasteiger partial charge in [0.1, 0.15) is 0 Å². The van der Waals surface area contributed by atoms with E-state index in [1.54, 1.807) is 19.9 Å². The monoisotopic (exact) mass is 388 g/mol. The number of ether oxygens (including phenoxy) is 3. The number of fused-ring (bicyclic) bond motifs is 1. The summed E-state index contributed by atoms with van der Waals surface area (Å²) in [6, 6.07) is 5.65. The molecule has 0 amide bonds. The summed E-state index contributed by atoms with van der Waals surface area (Å²) in [5.74, 6) is -1.55. The predicted octanol–water partition coefficient (Wildman–Crippen LogP) is 3.21. The lowest BCUT2D eigenvalue weighted by Gasteiger charge is -2.43. The van der Waals surface area contributed by atoms with Gasteiger partial charge in [-0.3, -0.25) is 9.59 Å². The molecule has 1 aromatic carbocycles. The second kappa shape index (κ2) is 8.59. The van der Waals surface area contributed by atoms with E-state index in [1.165, 1.54) is 13.2 Å². The van der Waals surface area contributed by atoms with Crippen LogP contribution in [0.4, 0.5) is 0 Å². The number of hydrogen-bond donors (Lipinski definition) is 0. The van der Waals surface area contributed by atoms with Crippen LogP contribution in [-0.2, 0) is 40.4 Å². The van der Waals surface area contributed by atoms with Crippen molar-refractivity contribution in [2.75, 3.05) is 20.3 Å². The van der Waals surface area contributed by atoms with E-state index in [1.807, 2.05) is 32.0 Å². The highest BCUT2D eigenvalue weighted by Gasteiger charge is 2.55. The average molecular weight is 388 g/mol. The molecule has 0 heterocycles. The van der Waals surface area contributed by atoms with Gasteiger partial charge in [-0.2, -0.15) is 0 Å². The number of rotatable bonds is 6. The van der Waals surface area contributed by atoms with Gasteiger partial charge in [0.05, 0.1) is 20.3 Å². The van der Waals surface area contributed by atoms with Gasteiger partial charge in [0.2, 0.25) is 0 Å². The van der Waals surface area contributed by atoms with Gasteiger partial charge in [-0.1, -0.05) is 32.0 Å². The molecule has 0 aliphatic heterocycles. The Morgan fingerprint density at radius 1 is 1.07 bits per heavy atom. The summed E-state index contributed by atoms with van der Waals surface area (Å²) in [6.07, 6.45) is 3.52. The van der Waals surface area contributed by atoms with Crippen molar-refractivity contribution in [3.05, 3.63) is 41.0 Å². The first-order valence-corrected chi connectivity index (χ1v) is 9.44. The first-order chi connectivity index (χ1) is 13.2. The van der Waals surface area contributed by atoms with E-state index >= 15 is 0 Å². The van der Waals surface area contributed by atoms with Gasteiger partial charge in [0, 0.05) is 6.08 Å². The lowest BCUT2D eigenvalue weighted by atomic mass is 9.60. The normalized spacial score (nSPS) is 16.9. The predicted molar refractivity (Wildman–Crippen MR) is 105 cm³/mol. The van der Waals surface area contributed by atoms with Crippen LogP contribution in [0.15, 0.2) is 24.3 Å². The van der Waals surface area contributed by atoms with Gasteiger partial charge in [0.25, 0.3) is 0 Å². The third-order valence-electron chi connectivity index (χ3n) is 5.03. The summed E-state index contributed by atoms with van der Waals surface area (Å²) in [5, 5.41) is 0. The van der Waals surface area contributed by atoms with Crippen molar-refractivity contribution in [1.82, 2.24) is 0 Å². The van der Waals surface area contributed by atoms with Crippen LogP contribution in [0, 0.1) is 5.41 Å². The number of carbonyl (C=O) groups excluding carboxylic acids is 3. The molecular weight excluding hydrogens is 360 g/mol. The Hall–Kier alpha value is -2.63. The van der Waals surface area contributed by atoms with Crippen LogP contribution in [0.5, 0.6) is 0 Å². The SMILES string of the molecule is CCOC(=O)C1(C(=O)OCC)Cc2cccc(/C=C/C(=O)OC)c2C(C)(C)C1. The quantitative estimate of drug-likeness (QED) is 0.322. The Kier molecular flexibility index (Phi) is 6.65. The molecule has 1 aliphatic carbocycles. The summed E-state index contributed by atoms with van der Waals surface area (Å²) in [6.45, 7) is 7.77. The molecule has 6 heteroatoms. The molecule has 0 radical (unpaired) electrons. The molecule has 28 heavy (non-hydrogen) atoms. The molecule has 2 rings (SSSR count). The maximum absolute atomic E-state index is 12.9.